The average molecular weight is 395 g/mol. The van der Waals surface area contributed by atoms with E-state index in [9.17, 15) is 24.3 Å². The van der Waals surface area contributed by atoms with Crippen LogP contribution in [0, 0.1) is 0 Å². The number of rotatable bonds is 11. The number of aliphatic carboxylic acids is 2. The zero-order valence-corrected chi connectivity index (χ0v) is 15.4. The molecule has 1 aromatic rings. The van der Waals surface area contributed by atoms with Crippen molar-refractivity contribution in [1.29, 1.82) is 0 Å². The second-order valence-electron chi connectivity index (χ2n) is 6.28. The van der Waals surface area contributed by atoms with E-state index in [2.05, 4.69) is 10.6 Å². The van der Waals surface area contributed by atoms with Crippen molar-refractivity contribution < 1.29 is 34.5 Å². The SMILES string of the molecule is CCC(NC(=O)[C@H](Cc1ccc(O)cc1)NC(=O)[C@@H](N)CCC(=O)O)C(=O)O. The summed E-state index contributed by atoms with van der Waals surface area (Å²) in [5.74, 6) is -3.70. The van der Waals surface area contributed by atoms with Crippen LogP contribution in [0.4, 0.5) is 0 Å². The van der Waals surface area contributed by atoms with Crippen LogP contribution >= 0.6 is 0 Å². The molecule has 1 rings (SSSR count). The fourth-order valence-corrected chi connectivity index (χ4v) is 2.38. The number of benzene rings is 1. The zero-order chi connectivity index (χ0) is 21.3. The van der Waals surface area contributed by atoms with Crippen LogP contribution in [-0.2, 0) is 25.6 Å². The van der Waals surface area contributed by atoms with Gasteiger partial charge in [0.2, 0.25) is 11.8 Å². The minimum Gasteiger partial charge on any atom is -0.508 e. The van der Waals surface area contributed by atoms with E-state index >= 15 is 0 Å². The van der Waals surface area contributed by atoms with E-state index in [-0.39, 0.29) is 31.4 Å². The summed E-state index contributed by atoms with van der Waals surface area (Å²) in [7, 11) is 0. The molecular formula is C18H25N3O7. The standard InChI is InChI=1S/C18H25N3O7/c1-2-13(18(27)28)20-17(26)14(9-10-3-5-11(22)6-4-10)21-16(25)12(19)7-8-15(23)24/h3-6,12-14,22H,2,7-9,19H2,1H3,(H,20,26)(H,21,25)(H,23,24)(H,27,28)/t12-,13?,14-/m0/s1. The molecule has 0 saturated heterocycles. The van der Waals surface area contributed by atoms with Gasteiger partial charge in [0, 0.05) is 12.8 Å². The minimum atomic E-state index is -1.20. The largest absolute Gasteiger partial charge is 0.508 e. The predicted octanol–water partition coefficient (Wildman–Crippen LogP) is -0.409. The molecule has 0 aliphatic rings. The van der Waals surface area contributed by atoms with E-state index in [1.807, 2.05) is 0 Å². The third-order valence-electron chi connectivity index (χ3n) is 4.04. The Morgan fingerprint density at radius 1 is 1.00 bits per heavy atom. The van der Waals surface area contributed by atoms with Crippen molar-refractivity contribution in [3.8, 4) is 5.75 Å². The first-order valence-corrected chi connectivity index (χ1v) is 8.72. The third-order valence-corrected chi connectivity index (χ3v) is 4.04. The molecule has 28 heavy (non-hydrogen) atoms. The Kier molecular flexibility index (Phi) is 8.89. The van der Waals surface area contributed by atoms with Gasteiger partial charge in [0.1, 0.15) is 17.8 Å². The Bertz CT molecular complexity index is 706. The van der Waals surface area contributed by atoms with Gasteiger partial charge in [-0.25, -0.2) is 4.79 Å². The Morgan fingerprint density at radius 2 is 1.57 bits per heavy atom. The number of carboxylic acids is 2. The summed E-state index contributed by atoms with van der Waals surface area (Å²) in [4.78, 5) is 46.6. The summed E-state index contributed by atoms with van der Waals surface area (Å²) in [5.41, 5.74) is 6.28. The Balaban J connectivity index is 2.91. The van der Waals surface area contributed by atoms with Gasteiger partial charge in [-0.05, 0) is 30.5 Å². The van der Waals surface area contributed by atoms with Crippen molar-refractivity contribution in [3.63, 3.8) is 0 Å². The molecule has 2 amide bonds. The summed E-state index contributed by atoms with van der Waals surface area (Å²) in [6.07, 6.45) is -0.236. The highest BCUT2D eigenvalue weighted by atomic mass is 16.4. The first kappa shape index (κ1) is 22.9. The highest BCUT2D eigenvalue weighted by Gasteiger charge is 2.27. The molecule has 0 aromatic heterocycles. The molecule has 0 spiro atoms. The molecule has 7 N–H and O–H groups in total. The summed E-state index contributed by atoms with van der Waals surface area (Å²) < 4.78 is 0. The molecule has 0 aliphatic heterocycles. The molecule has 10 nitrogen and oxygen atoms in total. The Morgan fingerprint density at radius 3 is 2.07 bits per heavy atom. The number of carboxylic acid groups (broad SMARTS) is 2. The molecule has 0 radical (unpaired) electrons. The lowest BCUT2D eigenvalue weighted by Crippen LogP contribution is -2.55. The number of phenols is 1. The van der Waals surface area contributed by atoms with Gasteiger partial charge < -0.3 is 31.7 Å². The number of phenolic OH excluding ortho intramolecular Hbond substituents is 1. The molecule has 3 atom stereocenters. The van der Waals surface area contributed by atoms with Crippen LogP contribution in [0.25, 0.3) is 0 Å². The molecular weight excluding hydrogens is 370 g/mol. The van der Waals surface area contributed by atoms with Gasteiger partial charge in [0.15, 0.2) is 0 Å². The predicted molar refractivity (Wildman–Crippen MR) is 98.4 cm³/mol. The van der Waals surface area contributed by atoms with E-state index in [1.165, 1.54) is 12.1 Å². The highest BCUT2D eigenvalue weighted by molar-refractivity contribution is 5.92. The van der Waals surface area contributed by atoms with Gasteiger partial charge in [0.25, 0.3) is 0 Å². The maximum absolute atomic E-state index is 12.5. The van der Waals surface area contributed by atoms with Gasteiger partial charge in [0.05, 0.1) is 6.04 Å². The van der Waals surface area contributed by atoms with Crippen LogP contribution in [0.5, 0.6) is 5.75 Å². The topological polar surface area (TPSA) is 179 Å². The monoisotopic (exact) mass is 395 g/mol. The van der Waals surface area contributed by atoms with Crippen molar-refractivity contribution in [2.45, 2.75) is 50.7 Å². The van der Waals surface area contributed by atoms with Gasteiger partial charge in [-0.1, -0.05) is 19.1 Å². The highest BCUT2D eigenvalue weighted by Crippen LogP contribution is 2.12. The second kappa shape index (κ2) is 10.9. The first-order valence-electron chi connectivity index (χ1n) is 8.72. The van der Waals surface area contributed by atoms with Gasteiger partial charge in [-0.2, -0.15) is 0 Å². The maximum atomic E-state index is 12.5. The zero-order valence-electron chi connectivity index (χ0n) is 15.4. The molecule has 1 aromatic carbocycles. The molecule has 1 unspecified atom stereocenters. The van der Waals surface area contributed by atoms with Gasteiger partial charge in [-0.15, -0.1) is 0 Å². The fourth-order valence-electron chi connectivity index (χ4n) is 2.38. The quantitative estimate of drug-likeness (QED) is 0.292. The number of nitrogens with two attached hydrogens (primary N) is 1. The summed E-state index contributed by atoms with van der Waals surface area (Å²) in [6, 6.07) is 2.57. The first-order chi connectivity index (χ1) is 13.1. The normalized spacial score (nSPS) is 13.8. The lowest BCUT2D eigenvalue weighted by atomic mass is 10.0. The van der Waals surface area contributed by atoms with E-state index in [0.29, 0.717) is 5.56 Å². The number of hydrogen-bond acceptors (Lipinski definition) is 6. The van der Waals surface area contributed by atoms with Crippen LogP contribution in [0.15, 0.2) is 24.3 Å². The summed E-state index contributed by atoms with van der Waals surface area (Å²) in [6.45, 7) is 1.59. The lowest BCUT2D eigenvalue weighted by Gasteiger charge is -2.22. The number of carbonyl (C=O) groups is 4. The lowest BCUT2D eigenvalue weighted by molar-refractivity contribution is -0.142. The van der Waals surface area contributed by atoms with Crippen LogP contribution in [0.3, 0.4) is 0 Å². The third kappa shape index (κ3) is 7.62. The molecule has 0 fully saturated rings. The van der Waals surface area contributed by atoms with E-state index in [4.69, 9.17) is 15.9 Å². The molecule has 0 heterocycles. The molecule has 0 aliphatic carbocycles. The van der Waals surface area contributed by atoms with Crippen molar-refractivity contribution in [3.05, 3.63) is 29.8 Å². The molecule has 0 saturated carbocycles. The fraction of sp³-hybridized carbons (Fsp3) is 0.444. The minimum absolute atomic E-state index is 0.0273. The maximum Gasteiger partial charge on any atom is 0.326 e. The number of aromatic hydroxyl groups is 1. The smallest absolute Gasteiger partial charge is 0.326 e. The van der Waals surface area contributed by atoms with E-state index < -0.39 is 41.9 Å². The van der Waals surface area contributed by atoms with Crippen LogP contribution in [0.1, 0.15) is 31.7 Å². The number of amides is 2. The summed E-state index contributed by atoms with van der Waals surface area (Å²) in [5, 5.41) is 32.0. The van der Waals surface area contributed by atoms with E-state index in [0.717, 1.165) is 0 Å². The van der Waals surface area contributed by atoms with Crippen LogP contribution in [0.2, 0.25) is 0 Å². The Hall–Kier alpha value is -3.14. The van der Waals surface area contributed by atoms with Crippen LogP contribution < -0.4 is 16.4 Å². The summed E-state index contributed by atoms with van der Waals surface area (Å²) >= 11 is 0. The van der Waals surface area contributed by atoms with Crippen molar-refractivity contribution in [2.24, 2.45) is 5.73 Å². The number of nitrogens with one attached hydrogen (secondary N) is 2. The van der Waals surface area contributed by atoms with Crippen molar-refractivity contribution in [2.75, 3.05) is 0 Å². The molecule has 154 valence electrons. The second-order valence-corrected chi connectivity index (χ2v) is 6.28. The van der Waals surface area contributed by atoms with Crippen molar-refractivity contribution >= 4 is 23.8 Å². The Labute approximate surface area is 161 Å². The van der Waals surface area contributed by atoms with E-state index in [1.54, 1.807) is 19.1 Å². The molecule has 0 bridgehead atoms. The van der Waals surface area contributed by atoms with Gasteiger partial charge in [-0.3, -0.25) is 14.4 Å². The number of carbonyl (C=O) groups excluding carboxylic acids is 2. The molecule has 10 heteroatoms. The average Bonchev–Trinajstić information content (AvgIpc) is 2.64. The van der Waals surface area contributed by atoms with Crippen LogP contribution in [-0.4, -0.2) is 57.2 Å². The number of hydrogen-bond donors (Lipinski definition) is 6. The van der Waals surface area contributed by atoms with Crippen molar-refractivity contribution in [1.82, 2.24) is 10.6 Å². The van der Waals surface area contributed by atoms with Gasteiger partial charge >= 0.3 is 11.9 Å².